The molecule has 2 aromatic carbocycles. The highest BCUT2D eigenvalue weighted by Crippen LogP contribution is 2.30. The minimum atomic E-state index is -4.46. The second kappa shape index (κ2) is 9.12. The Morgan fingerprint density at radius 3 is 2.29 bits per heavy atom. The summed E-state index contributed by atoms with van der Waals surface area (Å²) >= 11 is 0. The maximum absolute atomic E-state index is 12.5. The first-order chi connectivity index (χ1) is 13.2. The summed E-state index contributed by atoms with van der Waals surface area (Å²) in [7, 11) is 1.42. The Morgan fingerprint density at radius 2 is 1.71 bits per heavy atom. The van der Waals surface area contributed by atoms with E-state index in [1.807, 2.05) is 0 Å². The summed E-state index contributed by atoms with van der Waals surface area (Å²) in [6.45, 7) is 1.62. The summed E-state index contributed by atoms with van der Waals surface area (Å²) in [5.74, 6) is -0.651. The lowest BCUT2D eigenvalue weighted by molar-refractivity contribution is -0.137. The maximum Gasteiger partial charge on any atom is 0.416 e. The third kappa shape index (κ3) is 5.63. The van der Waals surface area contributed by atoms with Crippen LogP contribution in [0.3, 0.4) is 0 Å². The number of carbonyl (C=O) groups excluding carboxylic acids is 2. The number of halogens is 3. The van der Waals surface area contributed by atoms with Crippen LogP contribution >= 0.6 is 0 Å². The number of hydrogen-bond donors (Lipinski definition) is 1. The molecule has 0 aliphatic rings. The highest BCUT2D eigenvalue weighted by atomic mass is 19.4. The van der Waals surface area contributed by atoms with E-state index in [1.54, 1.807) is 13.0 Å². The molecular formula is C19H18F3NO5. The molecule has 0 heterocycles. The molecule has 0 fully saturated rings. The molecule has 28 heavy (non-hydrogen) atoms. The van der Waals surface area contributed by atoms with Gasteiger partial charge in [0, 0.05) is 5.69 Å². The lowest BCUT2D eigenvalue weighted by atomic mass is 10.2. The number of ether oxygens (including phenoxy) is 3. The van der Waals surface area contributed by atoms with Crippen molar-refractivity contribution < 1.29 is 37.0 Å². The van der Waals surface area contributed by atoms with Crippen molar-refractivity contribution in [3.8, 4) is 11.5 Å². The molecular weight excluding hydrogens is 379 g/mol. The average molecular weight is 397 g/mol. The number of anilines is 1. The normalized spacial score (nSPS) is 10.9. The number of esters is 1. The fourth-order valence-electron chi connectivity index (χ4n) is 2.22. The summed E-state index contributed by atoms with van der Waals surface area (Å²) in [6, 6.07) is 8.33. The molecule has 0 radical (unpaired) electrons. The molecule has 0 aliphatic heterocycles. The van der Waals surface area contributed by atoms with E-state index < -0.39 is 30.2 Å². The van der Waals surface area contributed by atoms with Crippen LogP contribution in [-0.2, 0) is 15.7 Å². The van der Waals surface area contributed by atoms with Crippen molar-refractivity contribution in [1.29, 1.82) is 0 Å². The van der Waals surface area contributed by atoms with Crippen molar-refractivity contribution in [2.24, 2.45) is 0 Å². The summed E-state index contributed by atoms with van der Waals surface area (Å²) in [4.78, 5) is 23.9. The summed E-state index contributed by atoms with van der Waals surface area (Å²) in [6.07, 6.45) is -4.46. The molecule has 6 nitrogen and oxygen atoms in total. The number of hydrogen-bond acceptors (Lipinski definition) is 5. The van der Waals surface area contributed by atoms with Crippen LogP contribution in [0.15, 0.2) is 42.5 Å². The zero-order chi connectivity index (χ0) is 20.7. The number of benzene rings is 2. The van der Waals surface area contributed by atoms with E-state index in [0.29, 0.717) is 18.1 Å². The fraction of sp³-hybridized carbons (Fsp3) is 0.263. The molecule has 1 N–H and O–H groups in total. The quantitative estimate of drug-likeness (QED) is 0.717. The van der Waals surface area contributed by atoms with Gasteiger partial charge in [0.25, 0.3) is 5.91 Å². The van der Waals surface area contributed by atoms with Crippen LogP contribution in [0.2, 0.25) is 0 Å². The van der Waals surface area contributed by atoms with Gasteiger partial charge >= 0.3 is 12.1 Å². The van der Waals surface area contributed by atoms with Gasteiger partial charge in [-0.15, -0.1) is 0 Å². The SMILES string of the molecule is CCOc1ccc(C(=O)OCC(=O)Nc2ccc(C(F)(F)F)cc2)cc1OC. The van der Waals surface area contributed by atoms with E-state index in [4.69, 9.17) is 14.2 Å². The van der Waals surface area contributed by atoms with Crippen molar-refractivity contribution >= 4 is 17.6 Å². The van der Waals surface area contributed by atoms with Gasteiger partial charge in [-0.05, 0) is 49.4 Å². The molecule has 1 amide bonds. The fourth-order valence-corrected chi connectivity index (χ4v) is 2.22. The van der Waals surface area contributed by atoms with Gasteiger partial charge in [-0.25, -0.2) is 4.79 Å². The van der Waals surface area contributed by atoms with Crippen LogP contribution in [0.1, 0.15) is 22.8 Å². The van der Waals surface area contributed by atoms with Gasteiger partial charge in [-0.3, -0.25) is 4.79 Å². The van der Waals surface area contributed by atoms with Crippen molar-refractivity contribution in [2.75, 3.05) is 25.6 Å². The van der Waals surface area contributed by atoms with Crippen LogP contribution in [-0.4, -0.2) is 32.2 Å². The van der Waals surface area contributed by atoms with Gasteiger partial charge in [-0.2, -0.15) is 13.2 Å². The van der Waals surface area contributed by atoms with Gasteiger partial charge in [0.05, 0.1) is 24.8 Å². The molecule has 0 aromatic heterocycles. The van der Waals surface area contributed by atoms with E-state index >= 15 is 0 Å². The van der Waals surface area contributed by atoms with Crippen LogP contribution in [0.25, 0.3) is 0 Å². The Kier molecular flexibility index (Phi) is 6.86. The Morgan fingerprint density at radius 1 is 1.04 bits per heavy atom. The van der Waals surface area contributed by atoms with Gasteiger partial charge in [0.2, 0.25) is 0 Å². The predicted molar refractivity (Wildman–Crippen MR) is 94.5 cm³/mol. The van der Waals surface area contributed by atoms with Crippen LogP contribution in [0.4, 0.5) is 18.9 Å². The first-order valence-electron chi connectivity index (χ1n) is 8.19. The largest absolute Gasteiger partial charge is 0.493 e. The minimum absolute atomic E-state index is 0.150. The van der Waals surface area contributed by atoms with E-state index in [1.165, 1.54) is 19.2 Å². The van der Waals surface area contributed by atoms with Crippen LogP contribution < -0.4 is 14.8 Å². The Balaban J connectivity index is 1.92. The summed E-state index contributed by atoms with van der Waals surface area (Å²) < 4.78 is 52.9. The molecule has 0 unspecified atom stereocenters. The summed E-state index contributed by atoms with van der Waals surface area (Å²) in [5.41, 5.74) is -0.527. The molecule has 0 spiro atoms. The number of carbonyl (C=O) groups is 2. The summed E-state index contributed by atoms with van der Waals surface area (Å²) in [5, 5.41) is 2.35. The number of rotatable bonds is 7. The van der Waals surface area contributed by atoms with Gasteiger partial charge in [-0.1, -0.05) is 0 Å². The average Bonchev–Trinajstić information content (AvgIpc) is 2.66. The monoisotopic (exact) mass is 397 g/mol. The molecule has 150 valence electrons. The first-order valence-corrected chi connectivity index (χ1v) is 8.19. The van der Waals surface area contributed by atoms with Crippen LogP contribution in [0.5, 0.6) is 11.5 Å². The third-order valence-corrected chi connectivity index (χ3v) is 3.53. The molecule has 2 rings (SSSR count). The highest BCUT2D eigenvalue weighted by molar-refractivity contribution is 5.95. The lowest BCUT2D eigenvalue weighted by Gasteiger charge is -2.11. The Hall–Kier alpha value is -3.23. The lowest BCUT2D eigenvalue weighted by Crippen LogP contribution is -2.21. The van der Waals surface area contributed by atoms with Gasteiger partial charge < -0.3 is 19.5 Å². The molecule has 2 aromatic rings. The Bertz CT molecular complexity index is 834. The highest BCUT2D eigenvalue weighted by Gasteiger charge is 2.30. The molecule has 0 aliphatic carbocycles. The van der Waals surface area contributed by atoms with Crippen LogP contribution in [0, 0.1) is 0 Å². The third-order valence-electron chi connectivity index (χ3n) is 3.53. The molecule has 0 saturated carbocycles. The second-order valence-electron chi connectivity index (χ2n) is 5.50. The second-order valence-corrected chi connectivity index (χ2v) is 5.50. The van der Waals surface area contributed by atoms with Crippen molar-refractivity contribution in [3.05, 3.63) is 53.6 Å². The van der Waals surface area contributed by atoms with E-state index in [0.717, 1.165) is 24.3 Å². The van der Waals surface area contributed by atoms with E-state index in [2.05, 4.69) is 5.32 Å². The predicted octanol–water partition coefficient (Wildman–Crippen LogP) is 3.91. The minimum Gasteiger partial charge on any atom is -0.493 e. The smallest absolute Gasteiger partial charge is 0.416 e. The number of alkyl halides is 3. The van der Waals surface area contributed by atoms with Crippen molar-refractivity contribution in [3.63, 3.8) is 0 Å². The number of methoxy groups -OCH3 is 1. The Labute approximate surface area is 159 Å². The topological polar surface area (TPSA) is 73.9 Å². The molecule has 0 bridgehead atoms. The molecule has 9 heteroatoms. The van der Waals surface area contributed by atoms with Gasteiger partial charge in [0.15, 0.2) is 18.1 Å². The maximum atomic E-state index is 12.5. The number of amides is 1. The standard InChI is InChI=1S/C19H18F3NO5/c1-3-27-15-9-4-12(10-16(15)26-2)18(25)28-11-17(24)23-14-7-5-13(6-8-14)19(20,21)22/h4-10H,3,11H2,1-2H3,(H,23,24). The van der Waals surface area contributed by atoms with E-state index in [-0.39, 0.29) is 11.3 Å². The molecule has 0 saturated heterocycles. The number of nitrogens with one attached hydrogen (secondary N) is 1. The zero-order valence-corrected chi connectivity index (χ0v) is 15.1. The van der Waals surface area contributed by atoms with Crippen molar-refractivity contribution in [2.45, 2.75) is 13.1 Å². The van der Waals surface area contributed by atoms with Crippen molar-refractivity contribution in [1.82, 2.24) is 0 Å². The molecule has 0 atom stereocenters. The first kappa shape index (κ1) is 21.1. The zero-order valence-electron chi connectivity index (χ0n) is 15.1. The van der Waals surface area contributed by atoms with Gasteiger partial charge in [0.1, 0.15) is 0 Å². The van der Waals surface area contributed by atoms with E-state index in [9.17, 15) is 22.8 Å².